The minimum atomic E-state index is -0.373. The number of anilines is 1. The van der Waals surface area contributed by atoms with Gasteiger partial charge in [0, 0.05) is 24.5 Å². The van der Waals surface area contributed by atoms with Gasteiger partial charge in [-0.15, -0.1) is 0 Å². The van der Waals surface area contributed by atoms with E-state index < -0.39 is 0 Å². The summed E-state index contributed by atoms with van der Waals surface area (Å²) >= 11 is 0. The summed E-state index contributed by atoms with van der Waals surface area (Å²) in [7, 11) is 0. The monoisotopic (exact) mass is 241 g/mol. The Balaban J connectivity index is 2.09. The van der Waals surface area contributed by atoms with E-state index in [0.29, 0.717) is 13.0 Å². The molecule has 0 atom stereocenters. The predicted octanol–water partition coefficient (Wildman–Crippen LogP) is 1.68. The van der Waals surface area contributed by atoms with Crippen LogP contribution in [0.4, 0.5) is 10.5 Å². The van der Waals surface area contributed by atoms with E-state index in [0.717, 1.165) is 16.6 Å². The number of aromatic nitrogens is 1. The molecule has 1 fully saturated rings. The molecule has 3 amide bonds. The van der Waals surface area contributed by atoms with Crippen molar-refractivity contribution in [3.63, 3.8) is 0 Å². The van der Waals surface area contributed by atoms with Crippen molar-refractivity contribution in [3.05, 3.63) is 36.5 Å². The van der Waals surface area contributed by atoms with Crippen molar-refractivity contribution in [2.24, 2.45) is 0 Å². The van der Waals surface area contributed by atoms with Gasteiger partial charge in [0.05, 0.1) is 11.2 Å². The number of amides is 3. The van der Waals surface area contributed by atoms with Crippen molar-refractivity contribution in [2.45, 2.75) is 6.42 Å². The third-order valence-electron chi connectivity index (χ3n) is 2.97. The quantitative estimate of drug-likeness (QED) is 0.826. The van der Waals surface area contributed by atoms with Gasteiger partial charge in [0.25, 0.3) is 0 Å². The van der Waals surface area contributed by atoms with Crippen LogP contribution in [-0.2, 0) is 4.79 Å². The SMILES string of the molecule is O=C1CCN(c2cccc3ncccc23)C(=O)N1. The number of nitrogens with zero attached hydrogens (tertiary/aromatic N) is 2. The van der Waals surface area contributed by atoms with E-state index >= 15 is 0 Å². The molecule has 1 saturated heterocycles. The lowest BCUT2D eigenvalue weighted by Crippen LogP contribution is -2.49. The molecule has 0 bridgehead atoms. The third-order valence-corrected chi connectivity index (χ3v) is 2.97. The molecule has 0 unspecified atom stereocenters. The van der Waals surface area contributed by atoms with Gasteiger partial charge in [-0.3, -0.25) is 20.0 Å². The van der Waals surface area contributed by atoms with Gasteiger partial charge in [-0.25, -0.2) is 4.79 Å². The molecule has 1 aromatic carbocycles. The van der Waals surface area contributed by atoms with Gasteiger partial charge in [-0.05, 0) is 24.3 Å². The molecule has 1 aliphatic heterocycles. The standard InChI is InChI=1S/C13H11N3O2/c17-12-6-8-16(13(18)15-12)11-5-1-4-10-9(11)3-2-7-14-10/h1-5,7H,6,8H2,(H,15,17,18). The van der Waals surface area contributed by atoms with Gasteiger partial charge in [-0.2, -0.15) is 0 Å². The molecule has 90 valence electrons. The summed E-state index contributed by atoms with van der Waals surface area (Å²) in [5.74, 6) is -0.227. The maximum absolute atomic E-state index is 11.8. The van der Waals surface area contributed by atoms with Crippen LogP contribution < -0.4 is 10.2 Å². The van der Waals surface area contributed by atoms with Crippen LogP contribution in [0.5, 0.6) is 0 Å². The van der Waals surface area contributed by atoms with Gasteiger partial charge >= 0.3 is 6.03 Å². The average molecular weight is 241 g/mol. The predicted molar refractivity (Wildman–Crippen MR) is 67.2 cm³/mol. The van der Waals surface area contributed by atoms with E-state index in [2.05, 4.69) is 10.3 Å². The number of nitrogens with one attached hydrogen (secondary N) is 1. The number of hydrogen-bond acceptors (Lipinski definition) is 3. The molecule has 2 aromatic rings. The summed E-state index contributed by atoms with van der Waals surface area (Å²) < 4.78 is 0. The van der Waals surface area contributed by atoms with Crippen molar-refractivity contribution in [1.82, 2.24) is 10.3 Å². The number of rotatable bonds is 1. The topological polar surface area (TPSA) is 62.3 Å². The van der Waals surface area contributed by atoms with E-state index in [1.807, 2.05) is 30.3 Å². The summed E-state index contributed by atoms with van der Waals surface area (Å²) in [5, 5.41) is 3.23. The summed E-state index contributed by atoms with van der Waals surface area (Å²) in [5.41, 5.74) is 1.62. The lowest BCUT2D eigenvalue weighted by molar-refractivity contribution is -0.120. The Kier molecular flexibility index (Phi) is 2.44. The highest BCUT2D eigenvalue weighted by atomic mass is 16.2. The maximum Gasteiger partial charge on any atom is 0.328 e. The average Bonchev–Trinajstić information content (AvgIpc) is 2.38. The highest BCUT2D eigenvalue weighted by molar-refractivity contribution is 6.09. The lowest BCUT2D eigenvalue weighted by atomic mass is 10.1. The molecule has 3 rings (SSSR count). The van der Waals surface area contributed by atoms with E-state index in [-0.39, 0.29) is 11.9 Å². The normalized spacial score (nSPS) is 15.9. The zero-order valence-corrected chi connectivity index (χ0v) is 9.59. The van der Waals surface area contributed by atoms with Crippen LogP contribution in [0.2, 0.25) is 0 Å². The smallest absolute Gasteiger partial charge is 0.293 e. The lowest BCUT2D eigenvalue weighted by Gasteiger charge is -2.27. The summed E-state index contributed by atoms with van der Waals surface area (Å²) in [6.07, 6.45) is 2.04. The Bertz CT molecular complexity index is 634. The summed E-state index contributed by atoms with van der Waals surface area (Å²) in [6.45, 7) is 0.401. The first kappa shape index (κ1) is 10.7. The van der Waals surface area contributed by atoms with E-state index in [9.17, 15) is 9.59 Å². The number of fused-ring (bicyclic) bond motifs is 1. The number of carbonyl (C=O) groups is 2. The first-order valence-electron chi connectivity index (χ1n) is 5.71. The van der Waals surface area contributed by atoms with Crippen molar-refractivity contribution in [1.29, 1.82) is 0 Å². The fourth-order valence-electron chi connectivity index (χ4n) is 2.12. The fraction of sp³-hybridized carbons (Fsp3) is 0.154. The Morgan fingerprint density at radius 3 is 2.89 bits per heavy atom. The molecule has 5 heteroatoms. The first-order valence-corrected chi connectivity index (χ1v) is 5.71. The van der Waals surface area contributed by atoms with Crippen molar-refractivity contribution < 1.29 is 9.59 Å². The summed E-state index contributed by atoms with van der Waals surface area (Å²) in [4.78, 5) is 28.8. The Hall–Kier alpha value is -2.43. The van der Waals surface area contributed by atoms with Gasteiger partial charge < -0.3 is 0 Å². The van der Waals surface area contributed by atoms with Crippen molar-refractivity contribution >= 4 is 28.5 Å². The van der Waals surface area contributed by atoms with Crippen LogP contribution in [-0.4, -0.2) is 23.5 Å². The Morgan fingerprint density at radius 2 is 2.06 bits per heavy atom. The van der Waals surface area contributed by atoms with E-state index in [4.69, 9.17) is 0 Å². The maximum atomic E-state index is 11.8. The van der Waals surface area contributed by atoms with Crippen LogP contribution in [0, 0.1) is 0 Å². The zero-order valence-electron chi connectivity index (χ0n) is 9.59. The van der Waals surface area contributed by atoms with Crippen LogP contribution in [0.1, 0.15) is 6.42 Å². The van der Waals surface area contributed by atoms with Crippen LogP contribution in [0.3, 0.4) is 0 Å². The van der Waals surface area contributed by atoms with Crippen molar-refractivity contribution in [3.8, 4) is 0 Å². The number of carbonyl (C=O) groups excluding carboxylic acids is 2. The number of benzene rings is 1. The third kappa shape index (κ3) is 1.69. The number of pyridine rings is 1. The van der Waals surface area contributed by atoms with Crippen LogP contribution >= 0.6 is 0 Å². The summed E-state index contributed by atoms with van der Waals surface area (Å²) in [6, 6.07) is 8.99. The molecule has 2 heterocycles. The van der Waals surface area contributed by atoms with E-state index in [1.54, 1.807) is 11.1 Å². The molecule has 1 N–H and O–H groups in total. The molecular formula is C13H11N3O2. The zero-order chi connectivity index (χ0) is 12.5. The second kappa shape index (κ2) is 4.10. The second-order valence-corrected chi connectivity index (χ2v) is 4.10. The second-order valence-electron chi connectivity index (χ2n) is 4.10. The molecule has 0 spiro atoms. The Labute approximate surface area is 103 Å². The van der Waals surface area contributed by atoms with Gasteiger partial charge in [0.15, 0.2) is 0 Å². The molecule has 1 aliphatic rings. The van der Waals surface area contributed by atoms with Gasteiger partial charge in [-0.1, -0.05) is 6.07 Å². The van der Waals surface area contributed by atoms with Crippen molar-refractivity contribution in [2.75, 3.05) is 11.4 Å². The minimum Gasteiger partial charge on any atom is -0.293 e. The van der Waals surface area contributed by atoms with Crippen LogP contribution in [0.25, 0.3) is 10.9 Å². The highest BCUT2D eigenvalue weighted by Crippen LogP contribution is 2.26. The largest absolute Gasteiger partial charge is 0.328 e. The van der Waals surface area contributed by atoms with E-state index in [1.165, 1.54) is 0 Å². The molecule has 18 heavy (non-hydrogen) atoms. The molecule has 0 radical (unpaired) electrons. The number of hydrogen-bond donors (Lipinski definition) is 1. The van der Waals surface area contributed by atoms with Gasteiger partial charge in [0.1, 0.15) is 0 Å². The highest BCUT2D eigenvalue weighted by Gasteiger charge is 2.25. The molecule has 0 aliphatic carbocycles. The number of imide groups is 1. The number of urea groups is 1. The van der Waals surface area contributed by atoms with Gasteiger partial charge in [0.2, 0.25) is 5.91 Å². The molecular weight excluding hydrogens is 230 g/mol. The minimum absolute atomic E-state index is 0.227. The molecule has 5 nitrogen and oxygen atoms in total. The molecule has 0 saturated carbocycles. The Morgan fingerprint density at radius 1 is 1.17 bits per heavy atom. The molecule has 1 aromatic heterocycles. The van der Waals surface area contributed by atoms with Crippen LogP contribution in [0.15, 0.2) is 36.5 Å². The fourth-order valence-corrected chi connectivity index (χ4v) is 2.12. The first-order chi connectivity index (χ1) is 8.75.